The van der Waals surface area contributed by atoms with Crippen LogP contribution < -0.4 is 0 Å². The molecule has 1 aromatic rings. The minimum atomic E-state index is -1.58. The summed E-state index contributed by atoms with van der Waals surface area (Å²) in [7, 11) is 0. The van der Waals surface area contributed by atoms with E-state index in [0.29, 0.717) is 6.42 Å². The van der Waals surface area contributed by atoms with Gasteiger partial charge in [-0.2, -0.15) is 11.8 Å². The summed E-state index contributed by atoms with van der Waals surface area (Å²) >= 11 is 0.843. The van der Waals surface area contributed by atoms with E-state index in [1.165, 1.54) is 44.9 Å². The van der Waals surface area contributed by atoms with Crippen LogP contribution in [0.1, 0.15) is 82.2 Å². The first-order valence-electron chi connectivity index (χ1n) is 10.6. The van der Waals surface area contributed by atoms with Crippen LogP contribution in [0.25, 0.3) is 0 Å². The van der Waals surface area contributed by atoms with Crippen LogP contribution in [0.3, 0.4) is 0 Å². The van der Waals surface area contributed by atoms with Gasteiger partial charge >= 0.3 is 0 Å². The Bertz CT molecular complexity index is 448. The van der Waals surface area contributed by atoms with Gasteiger partial charge in [0.05, 0.1) is 0 Å². The second-order valence-corrected chi connectivity index (χ2v) is 6.41. The molecule has 120 valence electrons. The van der Waals surface area contributed by atoms with Crippen LogP contribution >= 0.6 is 11.8 Å². The third kappa shape index (κ3) is 11.9. The molecule has 0 aliphatic rings. The summed E-state index contributed by atoms with van der Waals surface area (Å²) in [5.41, 5.74) is -2.16. The van der Waals surface area contributed by atoms with Gasteiger partial charge in [0, 0.05) is 5.48 Å². The van der Waals surface area contributed by atoms with E-state index < -0.39 is 11.4 Å². The predicted molar refractivity (Wildman–Crippen MR) is 99.3 cm³/mol. The Morgan fingerprint density at radius 1 is 0.762 bits per heavy atom. The lowest BCUT2D eigenvalue weighted by molar-refractivity contribution is 0.563. The lowest BCUT2D eigenvalue weighted by Gasteiger charge is -2.03. The average molecular weight is 311 g/mol. The van der Waals surface area contributed by atoms with Crippen LogP contribution in [-0.2, 0) is 6.42 Å². The third-order valence-electron chi connectivity index (χ3n) is 3.65. The van der Waals surface area contributed by atoms with Crippen LogP contribution in [0.2, 0.25) is 0 Å². The Hall–Kier alpha value is -0.430. The topological polar surface area (TPSA) is 0 Å². The molecule has 0 saturated carbocycles. The highest BCUT2D eigenvalue weighted by atomic mass is 32.2. The molecule has 0 unspecified atom stereocenters. The van der Waals surface area contributed by atoms with Gasteiger partial charge in [-0.3, -0.25) is 0 Å². The zero-order valence-electron chi connectivity index (χ0n) is 17.6. The molecule has 0 spiro atoms. The molecule has 1 rings (SSSR count). The lowest BCUT2D eigenvalue weighted by atomic mass is 10.1. The van der Waals surface area contributed by atoms with Crippen molar-refractivity contribution in [3.05, 3.63) is 35.9 Å². The summed E-state index contributed by atoms with van der Waals surface area (Å²) in [6.45, 7) is 2.23. The standard InChI is InChI=1S/C20H34S/c1-2-3-4-5-6-7-8-9-10-14-18-21-19-17-20-15-12-11-13-16-20/h11-13,15-16H,2-10,14,17-19H2,1H3/i18D2,19D2. The van der Waals surface area contributed by atoms with Gasteiger partial charge in [-0.1, -0.05) is 95.0 Å². The van der Waals surface area contributed by atoms with E-state index >= 15 is 0 Å². The van der Waals surface area contributed by atoms with Crippen molar-refractivity contribution in [1.82, 2.24) is 0 Å². The van der Waals surface area contributed by atoms with Gasteiger partial charge < -0.3 is 0 Å². The van der Waals surface area contributed by atoms with Crippen LogP contribution in [0.15, 0.2) is 30.3 Å². The van der Waals surface area contributed by atoms with Crippen molar-refractivity contribution in [3.63, 3.8) is 0 Å². The van der Waals surface area contributed by atoms with Crippen molar-refractivity contribution < 1.29 is 5.48 Å². The lowest BCUT2D eigenvalue weighted by Crippen LogP contribution is -1.90. The fourth-order valence-electron chi connectivity index (χ4n) is 2.33. The van der Waals surface area contributed by atoms with Crippen LogP contribution in [0.4, 0.5) is 0 Å². The van der Waals surface area contributed by atoms with E-state index in [1.807, 2.05) is 30.3 Å². The number of hydrogen-bond donors (Lipinski definition) is 0. The first kappa shape index (κ1) is 13.0. The Kier molecular flexibility index (Phi) is 9.01. The van der Waals surface area contributed by atoms with E-state index in [2.05, 4.69) is 6.92 Å². The summed E-state index contributed by atoms with van der Waals surface area (Å²) in [5, 5.41) is 0. The van der Waals surface area contributed by atoms with Gasteiger partial charge in [-0.25, -0.2) is 0 Å². The molecule has 1 aromatic carbocycles. The van der Waals surface area contributed by atoms with Gasteiger partial charge in [0.2, 0.25) is 0 Å². The maximum atomic E-state index is 8.14. The summed E-state index contributed by atoms with van der Waals surface area (Å²) in [5.74, 6) is 0. The highest BCUT2D eigenvalue weighted by molar-refractivity contribution is 7.99. The molecule has 0 aliphatic heterocycles. The Morgan fingerprint density at radius 3 is 1.95 bits per heavy atom. The van der Waals surface area contributed by atoms with E-state index in [0.717, 1.165) is 30.2 Å². The van der Waals surface area contributed by atoms with Crippen LogP contribution in [-0.4, -0.2) is 11.4 Å². The summed E-state index contributed by atoms with van der Waals surface area (Å²) < 4.78 is 32.5. The average Bonchev–Trinajstić information content (AvgIpc) is 2.52. The molecule has 0 nitrogen and oxygen atoms in total. The van der Waals surface area contributed by atoms with Gasteiger partial charge in [-0.15, -0.1) is 0 Å². The van der Waals surface area contributed by atoms with Gasteiger partial charge in [0.25, 0.3) is 0 Å². The molecular weight excluding hydrogens is 272 g/mol. The molecule has 0 bridgehead atoms. The zero-order valence-corrected chi connectivity index (χ0v) is 14.4. The second kappa shape index (κ2) is 14.5. The first-order chi connectivity index (χ1) is 11.8. The van der Waals surface area contributed by atoms with Crippen molar-refractivity contribution in [1.29, 1.82) is 0 Å². The van der Waals surface area contributed by atoms with Crippen LogP contribution in [0.5, 0.6) is 0 Å². The fraction of sp³-hybridized carbons (Fsp3) is 0.700. The van der Waals surface area contributed by atoms with Gasteiger partial charge in [0.15, 0.2) is 0 Å². The van der Waals surface area contributed by atoms with Crippen molar-refractivity contribution in [2.75, 3.05) is 11.4 Å². The zero-order chi connectivity index (χ0) is 18.6. The first-order valence-corrected chi connectivity index (χ1v) is 9.40. The van der Waals surface area contributed by atoms with Crippen molar-refractivity contribution in [2.24, 2.45) is 0 Å². The SMILES string of the molecule is [2H]C([2H])(CCCCCCCCCCC)SC([2H])([2H])Cc1ccccc1. The second-order valence-electron chi connectivity index (χ2n) is 5.63. The molecular formula is C20H34S. The van der Waals surface area contributed by atoms with E-state index in [-0.39, 0.29) is 6.42 Å². The molecule has 0 radical (unpaired) electrons. The molecule has 0 aliphatic carbocycles. The number of hydrogen-bond acceptors (Lipinski definition) is 1. The molecule has 0 atom stereocenters. The smallest absolute Gasteiger partial charge is 0.0384 e. The molecule has 0 amide bonds. The van der Waals surface area contributed by atoms with Crippen LogP contribution in [0, 0.1) is 0 Å². The summed E-state index contributed by atoms with van der Waals surface area (Å²) in [6.07, 6.45) is 11.6. The Labute approximate surface area is 142 Å². The van der Waals surface area contributed by atoms with Crippen molar-refractivity contribution in [2.45, 2.75) is 77.6 Å². The maximum Gasteiger partial charge on any atom is 0.0384 e. The number of benzene rings is 1. The number of thioether (sulfide) groups is 1. The molecule has 21 heavy (non-hydrogen) atoms. The quantitative estimate of drug-likeness (QED) is 0.337. The highest BCUT2D eigenvalue weighted by Gasteiger charge is 1.95. The normalized spacial score (nSPS) is 15.1. The van der Waals surface area contributed by atoms with Gasteiger partial charge in [-0.05, 0) is 29.8 Å². The maximum absolute atomic E-state index is 8.14. The van der Waals surface area contributed by atoms with Gasteiger partial charge in [0.1, 0.15) is 0 Å². The third-order valence-corrected chi connectivity index (χ3v) is 4.28. The van der Waals surface area contributed by atoms with E-state index in [9.17, 15) is 0 Å². The van der Waals surface area contributed by atoms with E-state index in [1.54, 1.807) is 0 Å². The fourth-order valence-corrected chi connectivity index (χ4v) is 2.91. The highest BCUT2D eigenvalue weighted by Crippen LogP contribution is 2.13. The van der Waals surface area contributed by atoms with Crippen molar-refractivity contribution >= 4 is 11.8 Å². The summed E-state index contributed by atoms with van der Waals surface area (Å²) in [6, 6.07) is 9.50. The molecule has 0 fully saturated rings. The van der Waals surface area contributed by atoms with E-state index in [4.69, 9.17) is 5.48 Å². The number of aryl methyl sites for hydroxylation is 1. The monoisotopic (exact) mass is 310 g/mol. The number of unbranched alkanes of at least 4 members (excludes halogenated alkanes) is 8. The molecule has 1 heteroatoms. The molecule has 0 saturated heterocycles. The molecule has 0 N–H and O–H groups in total. The molecule has 0 aromatic heterocycles. The summed E-state index contributed by atoms with van der Waals surface area (Å²) in [4.78, 5) is 0. The predicted octanol–water partition coefficient (Wildman–Crippen LogP) is 6.88. The minimum Gasteiger partial charge on any atom is -0.162 e. The van der Waals surface area contributed by atoms with Crippen molar-refractivity contribution in [3.8, 4) is 0 Å². The largest absolute Gasteiger partial charge is 0.162 e. The number of rotatable bonds is 14. The Balaban J connectivity index is 2.19. The molecule has 0 heterocycles. The minimum absolute atomic E-state index is 0.246. The Morgan fingerprint density at radius 2 is 1.33 bits per heavy atom.